The second-order valence-electron chi connectivity index (χ2n) is 18.9. The van der Waals surface area contributed by atoms with Crippen molar-refractivity contribution >= 4 is 60.6 Å². The quantitative estimate of drug-likeness (QED) is 0.0200. The third-order valence-electron chi connectivity index (χ3n) is 14.0. The van der Waals surface area contributed by atoms with Crippen molar-refractivity contribution in [1.29, 1.82) is 0 Å². The molecular formula is C56H64Cl2N6O12. The molecule has 0 radical (unpaired) electrons. The summed E-state index contributed by atoms with van der Waals surface area (Å²) < 4.78 is 32.8. The topological polar surface area (TPSA) is 255 Å². The predicted octanol–water partition coefficient (Wildman–Crippen LogP) is 12.5. The molecule has 0 amide bonds. The van der Waals surface area contributed by atoms with Crippen molar-refractivity contribution in [2.75, 3.05) is 26.3 Å². The van der Waals surface area contributed by atoms with E-state index in [1.807, 2.05) is 36.4 Å². The van der Waals surface area contributed by atoms with Crippen LogP contribution in [0.1, 0.15) is 137 Å². The molecule has 0 saturated carbocycles. The highest BCUT2D eigenvalue weighted by Gasteiger charge is 2.38. The zero-order valence-electron chi connectivity index (χ0n) is 43.2. The highest BCUT2D eigenvalue weighted by atomic mass is 35.5. The van der Waals surface area contributed by atoms with Gasteiger partial charge in [0, 0.05) is 46.9 Å². The summed E-state index contributed by atoms with van der Waals surface area (Å²) in [7, 11) is 0. The standard InChI is InChI=1S/2C28H31N3O6.2ClH/c1-3-35-23(32)13-14-25(34)36-22-12-11-19-16-21-17(2)9-10-18-6-4-7-20(26(18)21)27(19)28(22)37-24(33)8-5-15-30-31-29;1-3-35-23(32)13-14-25(34)37-28-22(36-24(33)8-5-15-30-31-29)12-11-19-16-21-17(2)9-10-18-6-4-7-20(26(18)21)27(19)28;;/h2*4,6-7,11-12,17,21H,3,5,8-10,13-16H2,1-2H3;2*1H/t2*17?,21-;;/m00../s1. The second kappa shape index (κ2) is 28.7. The third-order valence-corrected chi connectivity index (χ3v) is 14.0. The molecule has 0 fully saturated rings. The van der Waals surface area contributed by atoms with Gasteiger partial charge in [0.05, 0.1) is 38.9 Å². The predicted molar refractivity (Wildman–Crippen MR) is 287 cm³/mol. The molecule has 0 heterocycles. The van der Waals surface area contributed by atoms with Gasteiger partial charge in [0.25, 0.3) is 0 Å². The van der Waals surface area contributed by atoms with Crippen LogP contribution in [0.2, 0.25) is 0 Å². The fourth-order valence-electron chi connectivity index (χ4n) is 10.5. The lowest BCUT2D eigenvalue weighted by atomic mass is 9.67. The van der Waals surface area contributed by atoms with E-state index in [2.05, 4.69) is 46.0 Å². The minimum Gasteiger partial charge on any atom is -0.466 e. The Morgan fingerprint density at radius 1 is 0.513 bits per heavy atom. The zero-order valence-corrected chi connectivity index (χ0v) is 44.8. The molecule has 0 bridgehead atoms. The number of hydrogen-bond acceptors (Lipinski definition) is 14. The molecule has 4 aliphatic rings. The van der Waals surface area contributed by atoms with Gasteiger partial charge in [-0.1, -0.05) is 72.6 Å². The maximum absolute atomic E-state index is 12.8. The number of esters is 6. The summed E-state index contributed by atoms with van der Waals surface area (Å²) in [6.45, 7) is 8.79. The molecule has 404 valence electrons. The Morgan fingerprint density at radius 3 is 1.30 bits per heavy atom. The molecule has 18 nitrogen and oxygen atoms in total. The number of azide groups is 2. The SMILES string of the molecule is CCOC(=O)CCC(=O)Oc1c(OC(=O)CCCN=[N+]=[N-])ccc2c1-c1cccc3c1[C@@H](C2)C(C)CC3.CCOC(=O)CCC(=O)Oc1ccc2c(c1OC(=O)CCCN=[N+]=[N-])-c1cccc3c1[C@@H](C2)C(C)CC3.Cl.Cl. The first-order valence-corrected chi connectivity index (χ1v) is 25.6. The summed E-state index contributed by atoms with van der Waals surface area (Å²) in [5.74, 6) is -0.740. The molecule has 0 aliphatic heterocycles. The van der Waals surface area contributed by atoms with Crippen molar-refractivity contribution in [2.24, 2.45) is 22.1 Å². The van der Waals surface area contributed by atoms with Gasteiger partial charge in [0.1, 0.15) is 0 Å². The average Bonchev–Trinajstić information content (AvgIpc) is 3.39. The van der Waals surface area contributed by atoms with Gasteiger partial charge in [-0.05, 0) is 157 Å². The Bertz CT molecular complexity index is 2900. The smallest absolute Gasteiger partial charge is 0.311 e. The van der Waals surface area contributed by atoms with Crippen LogP contribution in [0.15, 0.2) is 70.9 Å². The first kappa shape index (κ1) is 59.8. The van der Waals surface area contributed by atoms with Crippen LogP contribution >= 0.6 is 24.8 Å². The summed E-state index contributed by atoms with van der Waals surface area (Å²) in [5.41, 5.74) is 27.6. The van der Waals surface area contributed by atoms with Crippen LogP contribution in [0.4, 0.5) is 0 Å². The van der Waals surface area contributed by atoms with Crippen LogP contribution in [-0.2, 0) is 63.9 Å². The first-order chi connectivity index (χ1) is 35.8. The molecule has 4 aromatic carbocycles. The van der Waals surface area contributed by atoms with Crippen LogP contribution in [0.5, 0.6) is 23.0 Å². The Morgan fingerprint density at radius 2 is 0.895 bits per heavy atom. The van der Waals surface area contributed by atoms with Gasteiger partial charge in [0.15, 0.2) is 23.0 Å². The number of nitrogens with zero attached hydrogens (tertiary/aromatic N) is 6. The van der Waals surface area contributed by atoms with Crippen molar-refractivity contribution in [2.45, 2.75) is 129 Å². The van der Waals surface area contributed by atoms with Crippen LogP contribution in [0.25, 0.3) is 43.1 Å². The van der Waals surface area contributed by atoms with E-state index < -0.39 is 35.8 Å². The van der Waals surface area contributed by atoms with Crippen molar-refractivity contribution in [3.63, 3.8) is 0 Å². The van der Waals surface area contributed by atoms with E-state index >= 15 is 0 Å². The third kappa shape index (κ3) is 14.6. The summed E-state index contributed by atoms with van der Waals surface area (Å²) in [6, 6.07) is 19.6. The molecule has 76 heavy (non-hydrogen) atoms. The number of carbonyl (C=O) groups excluding carboxylic acids is 6. The van der Waals surface area contributed by atoms with Crippen molar-refractivity contribution in [3.8, 4) is 45.3 Å². The maximum Gasteiger partial charge on any atom is 0.311 e. The molecule has 0 N–H and O–H groups in total. The summed E-state index contributed by atoms with van der Waals surface area (Å²) in [5, 5.41) is 6.90. The molecular weight excluding hydrogens is 1020 g/mol. The Kier molecular flexibility index (Phi) is 22.6. The zero-order chi connectivity index (χ0) is 52.7. The Balaban J connectivity index is 0.000000274. The van der Waals surface area contributed by atoms with Crippen LogP contribution in [0, 0.1) is 11.8 Å². The molecule has 2 unspecified atom stereocenters. The summed E-state index contributed by atoms with van der Waals surface area (Å²) in [6.07, 6.45) is 6.10. The van der Waals surface area contributed by atoms with Gasteiger partial charge in [-0.3, -0.25) is 28.8 Å². The summed E-state index contributed by atoms with van der Waals surface area (Å²) >= 11 is 0. The molecule has 20 heteroatoms. The van der Waals surface area contributed by atoms with Gasteiger partial charge < -0.3 is 28.4 Å². The van der Waals surface area contributed by atoms with Gasteiger partial charge in [-0.2, -0.15) is 0 Å². The maximum atomic E-state index is 12.8. The fraction of sp³-hybridized carbons (Fsp3) is 0.464. The average molecular weight is 1080 g/mol. The largest absolute Gasteiger partial charge is 0.466 e. The minimum atomic E-state index is -0.619. The Labute approximate surface area is 453 Å². The van der Waals surface area contributed by atoms with E-state index in [0.29, 0.717) is 36.5 Å². The lowest BCUT2D eigenvalue weighted by Crippen LogP contribution is -2.25. The van der Waals surface area contributed by atoms with Crippen LogP contribution in [0.3, 0.4) is 0 Å². The van der Waals surface area contributed by atoms with E-state index in [0.717, 1.165) is 71.9 Å². The van der Waals surface area contributed by atoms with E-state index in [1.54, 1.807) is 26.0 Å². The van der Waals surface area contributed by atoms with Crippen molar-refractivity contribution in [1.82, 2.24) is 0 Å². The normalized spacial score (nSPS) is 16.6. The van der Waals surface area contributed by atoms with E-state index in [1.165, 1.54) is 22.3 Å². The molecule has 4 aromatic rings. The van der Waals surface area contributed by atoms with E-state index in [4.69, 9.17) is 39.5 Å². The second-order valence-corrected chi connectivity index (χ2v) is 18.9. The lowest BCUT2D eigenvalue weighted by Gasteiger charge is -2.38. The number of hydrogen-bond donors (Lipinski definition) is 0. The van der Waals surface area contributed by atoms with E-state index in [9.17, 15) is 28.8 Å². The molecule has 0 aromatic heterocycles. The highest BCUT2D eigenvalue weighted by molar-refractivity contribution is 5.90. The molecule has 0 spiro atoms. The van der Waals surface area contributed by atoms with Crippen LogP contribution in [-0.4, -0.2) is 62.1 Å². The Hall–Kier alpha value is -7.10. The number of fused-ring (bicyclic) bond motifs is 4. The number of halogens is 2. The molecule has 4 aliphatic carbocycles. The lowest BCUT2D eigenvalue weighted by molar-refractivity contribution is -0.146. The van der Waals surface area contributed by atoms with Gasteiger partial charge >= 0.3 is 35.8 Å². The number of aryl methyl sites for hydroxylation is 2. The summed E-state index contributed by atoms with van der Waals surface area (Å²) in [4.78, 5) is 79.6. The number of carbonyl (C=O) groups is 6. The number of benzene rings is 4. The molecule has 0 saturated heterocycles. The van der Waals surface area contributed by atoms with Crippen molar-refractivity contribution < 1.29 is 57.2 Å². The minimum absolute atomic E-state index is 0. The highest BCUT2D eigenvalue weighted by Crippen LogP contribution is 2.55. The van der Waals surface area contributed by atoms with Crippen molar-refractivity contribution in [3.05, 3.63) is 115 Å². The van der Waals surface area contributed by atoms with Gasteiger partial charge in [-0.25, -0.2) is 0 Å². The van der Waals surface area contributed by atoms with Gasteiger partial charge in [0.2, 0.25) is 0 Å². The number of rotatable bonds is 20. The number of ether oxygens (including phenoxy) is 6. The van der Waals surface area contributed by atoms with Gasteiger partial charge in [-0.15, -0.1) is 24.8 Å². The monoisotopic (exact) mass is 1080 g/mol. The van der Waals surface area contributed by atoms with E-state index in [-0.39, 0.29) is 113 Å². The molecule has 8 rings (SSSR count). The first-order valence-electron chi connectivity index (χ1n) is 25.6. The molecule has 4 atom stereocenters. The fourth-order valence-corrected chi connectivity index (χ4v) is 10.5. The van der Waals surface area contributed by atoms with Crippen LogP contribution < -0.4 is 18.9 Å².